The number of hydrogen-bond donors (Lipinski definition) is 0. The van der Waals surface area contributed by atoms with Crippen LogP contribution in [0.15, 0.2) is 0 Å². The van der Waals surface area contributed by atoms with E-state index in [4.69, 9.17) is 4.74 Å². The highest BCUT2D eigenvalue weighted by molar-refractivity contribution is 5.85. The fourth-order valence-corrected chi connectivity index (χ4v) is 0.553. The van der Waals surface area contributed by atoms with Crippen molar-refractivity contribution in [3.8, 4) is 0 Å². The van der Waals surface area contributed by atoms with Crippen LogP contribution in [-0.4, -0.2) is 12.6 Å². The smallest absolute Gasteiger partial charge is 0.306 e. The third-order valence-electron chi connectivity index (χ3n) is 0.880. The van der Waals surface area contributed by atoms with Crippen LogP contribution in [0.4, 0.5) is 0 Å². The summed E-state index contributed by atoms with van der Waals surface area (Å²) in [5.41, 5.74) is 0. The number of rotatable bonds is 3. The molecule has 0 aromatic heterocycles. The summed E-state index contributed by atoms with van der Waals surface area (Å²) in [4.78, 5) is 10.6. The lowest BCUT2D eigenvalue weighted by molar-refractivity contribution is -0.143. The van der Waals surface area contributed by atoms with E-state index in [9.17, 15) is 4.79 Å². The summed E-state index contributed by atoms with van der Waals surface area (Å²) in [5.74, 6) is 0.316. The SMILES string of the molecule is CCOC(=O)CC(C)C.Cl.Cl. The Labute approximate surface area is 80.5 Å². The van der Waals surface area contributed by atoms with E-state index in [1.54, 1.807) is 0 Å². The fraction of sp³-hybridized carbons (Fsp3) is 0.857. The van der Waals surface area contributed by atoms with Gasteiger partial charge in [-0.2, -0.15) is 0 Å². The van der Waals surface area contributed by atoms with Crippen molar-refractivity contribution in [2.75, 3.05) is 6.61 Å². The Kier molecular flexibility index (Phi) is 15.7. The Morgan fingerprint density at radius 1 is 1.36 bits per heavy atom. The summed E-state index contributed by atoms with van der Waals surface area (Å²) in [7, 11) is 0. The summed E-state index contributed by atoms with van der Waals surface area (Å²) >= 11 is 0. The fourth-order valence-electron chi connectivity index (χ4n) is 0.553. The second kappa shape index (κ2) is 10.0. The van der Waals surface area contributed by atoms with Gasteiger partial charge in [0, 0.05) is 6.42 Å². The van der Waals surface area contributed by atoms with Crippen molar-refractivity contribution in [3.05, 3.63) is 0 Å². The van der Waals surface area contributed by atoms with E-state index in [0.29, 0.717) is 18.9 Å². The minimum absolute atomic E-state index is 0. The lowest BCUT2D eigenvalue weighted by atomic mass is 10.1. The summed E-state index contributed by atoms with van der Waals surface area (Å²) in [6.07, 6.45) is 0.536. The van der Waals surface area contributed by atoms with Gasteiger partial charge in [0.1, 0.15) is 0 Å². The zero-order chi connectivity index (χ0) is 7.28. The van der Waals surface area contributed by atoms with Gasteiger partial charge in [-0.05, 0) is 12.8 Å². The molecule has 0 aliphatic rings. The molecule has 0 radical (unpaired) electrons. The highest BCUT2D eigenvalue weighted by Crippen LogP contribution is 1.99. The number of esters is 1. The summed E-state index contributed by atoms with van der Waals surface area (Å²) in [5, 5.41) is 0. The van der Waals surface area contributed by atoms with Crippen LogP contribution in [0.5, 0.6) is 0 Å². The van der Waals surface area contributed by atoms with Crippen LogP contribution in [0.1, 0.15) is 27.2 Å². The van der Waals surface area contributed by atoms with Crippen molar-refractivity contribution in [2.24, 2.45) is 5.92 Å². The molecule has 0 rings (SSSR count). The molecule has 70 valence electrons. The van der Waals surface area contributed by atoms with Crippen LogP contribution >= 0.6 is 24.8 Å². The maximum atomic E-state index is 10.6. The molecule has 0 saturated heterocycles. The number of ether oxygens (including phenoxy) is 1. The quantitative estimate of drug-likeness (QED) is 0.658. The largest absolute Gasteiger partial charge is 0.466 e. The molecule has 0 spiro atoms. The first-order valence-electron chi connectivity index (χ1n) is 3.32. The van der Waals surface area contributed by atoms with E-state index in [0.717, 1.165) is 0 Å². The number of hydrogen-bond acceptors (Lipinski definition) is 2. The first-order chi connectivity index (χ1) is 4.16. The average molecular weight is 203 g/mol. The van der Waals surface area contributed by atoms with E-state index in [1.165, 1.54) is 0 Å². The Morgan fingerprint density at radius 3 is 2.09 bits per heavy atom. The molecule has 0 atom stereocenters. The van der Waals surface area contributed by atoms with Gasteiger partial charge in [0.05, 0.1) is 6.61 Å². The maximum absolute atomic E-state index is 10.6. The molecule has 0 N–H and O–H groups in total. The van der Waals surface area contributed by atoms with E-state index in [-0.39, 0.29) is 30.8 Å². The van der Waals surface area contributed by atoms with Crippen molar-refractivity contribution in [1.29, 1.82) is 0 Å². The Balaban J connectivity index is -0.000000320. The third kappa shape index (κ3) is 13.1. The molecular weight excluding hydrogens is 187 g/mol. The minimum Gasteiger partial charge on any atom is -0.466 e. The van der Waals surface area contributed by atoms with Gasteiger partial charge in [0.25, 0.3) is 0 Å². The topological polar surface area (TPSA) is 26.3 Å². The highest BCUT2D eigenvalue weighted by Gasteiger charge is 2.03. The highest BCUT2D eigenvalue weighted by atomic mass is 35.5. The Bertz CT molecular complexity index is 94.4. The molecule has 0 aliphatic heterocycles. The van der Waals surface area contributed by atoms with Gasteiger partial charge < -0.3 is 4.74 Å². The summed E-state index contributed by atoms with van der Waals surface area (Å²) in [6, 6.07) is 0. The first-order valence-corrected chi connectivity index (χ1v) is 3.32. The molecule has 0 unspecified atom stereocenters. The summed E-state index contributed by atoms with van der Waals surface area (Å²) < 4.78 is 4.71. The molecule has 0 aliphatic carbocycles. The van der Waals surface area contributed by atoms with Crippen LogP contribution < -0.4 is 0 Å². The Hall–Kier alpha value is 0.0500. The lowest BCUT2D eigenvalue weighted by Gasteiger charge is -2.02. The van der Waals surface area contributed by atoms with E-state index in [2.05, 4.69) is 0 Å². The monoisotopic (exact) mass is 202 g/mol. The van der Waals surface area contributed by atoms with Crippen LogP contribution in [0.3, 0.4) is 0 Å². The maximum Gasteiger partial charge on any atom is 0.306 e. The molecule has 11 heavy (non-hydrogen) atoms. The number of carbonyl (C=O) groups is 1. The predicted octanol–water partition coefficient (Wildman–Crippen LogP) is 2.44. The lowest BCUT2D eigenvalue weighted by Crippen LogP contribution is -2.06. The molecule has 4 heteroatoms. The van der Waals surface area contributed by atoms with Gasteiger partial charge in [-0.15, -0.1) is 24.8 Å². The van der Waals surface area contributed by atoms with Crippen molar-refractivity contribution in [1.82, 2.24) is 0 Å². The third-order valence-corrected chi connectivity index (χ3v) is 0.880. The van der Waals surface area contributed by atoms with Gasteiger partial charge in [-0.3, -0.25) is 4.79 Å². The van der Waals surface area contributed by atoms with Gasteiger partial charge in [0.15, 0.2) is 0 Å². The van der Waals surface area contributed by atoms with Gasteiger partial charge in [-0.1, -0.05) is 13.8 Å². The van der Waals surface area contributed by atoms with Gasteiger partial charge in [0.2, 0.25) is 0 Å². The average Bonchev–Trinajstić information content (AvgIpc) is 1.63. The second-order valence-corrected chi connectivity index (χ2v) is 2.40. The molecular formula is C7H16Cl2O2. The standard InChI is InChI=1S/C7H14O2.2ClH/c1-4-9-7(8)5-6(2)3;;/h6H,4-5H2,1-3H3;2*1H. The van der Waals surface area contributed by atoms with Crippen LogP contribution in [0.25, 0.3) is 0 Å². The van der Waals surface area contributed by atoms with Crippen LogP contribution in [0, 0.1) is 5.92 Å². The zero-order valence-electron chi connectivity index (χ0n) is 7.12. The van der Waals surface area contributed by atoms with Crippen LogP contribution in [0.2, 0.25) is 0 Å². The van der Waals surface area contributed by atoms with Crippen molar-refractivity contribution < 1.29 is 9.53 Å². The van der Waals surface area contributed by atoms with Crippen molar-refractivity contribution in [3.63, 3.8) is 0 Å². The Morgan fingerprint density at radius 2 is 1.82 bits per heavy atom. The zero-order valence-corrected chi connectivity index (χ0v) is 8.76. The molecule has 0 aromatic carbocycles. The van der Waals surface area contributed by atoms with E-state index < -0.39 is 0 Å². The molecule has 0 aromatic rings. The molecule has 0 fully saturated rings. The molecule has 0 saturated carbocycles. The first kappa shape index (κ1) is 17.2. The van der Waals surface area contributed by atoms with Crippen LogP contribution in [-0.2, 0) is 9.53 Å². The van der Waals surface area contributed by atoms with Gasteiger partial charge in [-0.25, -0.2) is 0 Å². The number of halogens is 2. The second-order valence-electron chi connectivity index (χ2n) is 2.40. The minimum atomic E-state index is -0.0903. The number of carbonyl (C=O) groups excluding carboxylic acids is 1. The van der Waals surface area contributed by atoms with Crippen molar-refractivity contribution >= 4 is 30.8 Å². The molecule has 2 nitrogen and oxygen atoms in total. The predicted molar refractivity (Wildman–Crippen MR) is 50.6 cm³/mol. The van der Waals surface area contributed by atoms with Gasteiger partial charge >= 0.3 is 5.97 Å². The van der Waals surface area contributed by atoms with Crippen molar-refractivity contribution in [2.45, 2.75) is 27.2 Å². The summed E-state index contributed by atoms with van der Waals surface area (Å²) in [6.45, 7) is 6.30. The van der Waals surface area contributed by atoms with E-state index in [1.807, 2.05) is 20.8 Å². The molecule has 0 heterocycles. The normalized spacial score (nSPS) is 8.00. The molecule has 0 amide bonds. The van der Waals surface area contributed by atoms with E-state index >= 15 is 0 Å². The molecule has 0 bridgehead atoms.